The van der Waals surface area contributed by atoms with Gasteiger partial charge in [-0.25, -0.2) is 0 Å². The van der Waals surface area contributed by atoms with Gasteiger partial charge in [0.15, 0.2) is 0 Å². The molecule has 2 aliphatic rings. The molecule has 0 spiro atoms. The Bertz CT molecular complexity index is 1290. The molecule has 9 nitrogen and oxygen atoms in total. The van der Waals surface area contributed by atoms with Gasteiger partial charge in [0.05, 0.1) is 17.8 Å². The summed E-state index contributed by atoms with van der Waals surface area (Å²) in [6, 6.07) is 11.4. The van der Waals surface area contributed by atoms with Crippen molar-refractivity contribution in [3.05, 3.63) is 58.0 Å². The molecule has 2 aliphatic heterocycles. The highest BCUT2D eigenvalue weighted by Crippen LogP contribution is 2.25. The van der Waals surface area contributed by atoms with Crippen LogP contribution in [0.1, 0.15) is 35.8 Å². The molecule has 9 heteroatoms. The van der Waals surface area contributed by atoms with Crippen molar-refractivity contribution in [1.29, 1.82) is 0 Å². The van der Waals surface area contributed by atoms with E-state index < -0.39 is 0 Å². The van der Waals surface area contributed by atoms with Gasteiger partial charge in [-0.1, -0.05) is 43.7 Å². The number of carbonyl (C=O) groups is 2. The average molecular weight is 463 g/mol. The number of carbonyl (C=O) groups excluding carboxylic acids is 2. The lowest BCUT2D eigenvalue weighted by Gasteiger charge is -2.32. The Balaban J connectivity index is 1.61. The molecule has 2 amide bonds. The van der Waals surface area contributed by atoms with Gasteiger partial charge in [0, 0.05) is 44.4 Å². The summed E-state index contributed by atoms with van der Waals surface area (Å²) in [6.07, 6.45) is 1.82. The van der Waals surface area contributed by atoms with Crippen molar-refractivity contribution in [3.63, 3.8) is 0 Å². The Hall–Kier alpha value is -3.46. The number of nitrogens with zero attached hydrogens (tertiary/aromatic N) is 6. The molecule has 0 aliphatic carbocycles. The van der Waals surface area contributed by atoms with Crippen LogP contribution < -0.4 is 5.56 Å². The van der Waals surface area contributed by atoms with Gasteiger partial charge in [0.25, 0.3) is 11.5 Å². The molecule has 0 saturated carbocycles. The first kappa shape index (κ1) is 22.3. The third kappa shape index (κ3) is 3.90. The van der Waals surface area contributed by atoms with Gasteiger partial charge in [-0.15, -0.1) is 0 Å². The molecule has 0 unspecified atom stereocenters. The predicted molar refractivity (Wildman–Crippen MR) is 129 cm³/mol. The van der Waals surface area contributed by atoms with Gasteiger partial charge in [-0.2, -0.15) is 9.61 Å². The zero-order valence-corrected chi connectivity index (χ0v) is 19.7. The molecular weight excluding hydrogens is 432 g/mol. The smallest absolute Gasteiger partial charge is 0.280 e. The molecule has 4 heterocycles. The van der Waals surface area contributed by atoms with Crippen molar-refractivity contribution in [3.8, 4) is 11.3 Å². The molecular formula is C25H30N6O3. The zero-order valence-electron chi connectivity index (χ0n) is 19.7. The topological polar surface area (TPSA) is 83.2 Å². The third-order valence-electron chi connectivity index (χ3n) is 6.81. The normalized spacial score (nSPS) is 16.5. The lowest BCUT2D eigenvalue weighted by atomic mass is 10.1. The van der Waals surface area contributed by atoms with E-state index in [1.165, 1.54) is 4.52 Å². The van der Waals surface area contributed by atoms with Crippen molar-refractivity contribution >= 4 is 17.5 Å². The van der Waals surface area contributed by atoms with Crippen LogP contribution in [0.15, 0.2) is 41.2 Å². The number of benzene rings is 1. The molecule has 1 saturated heterocycles. The highest BCUT2D eigenvalue weighted by Gasteiger charge is 2.35. The van der Waals surface area contributed by atoms with Crippen LogP contribution in [0.2, 0.25) is 0 Å². The second-order valence-electron chi connectivity index (χ2n) is 9.15. The number of hydrogen-bond acceptors (Lipinski definition) is 5. The standard InChI is InChI=1S/C25H30N6O3/c1-3-4-10-29-16-19-23(25(29)34)30(17-22(32)28-13-11-27(2)12-14-28)21-15-20(26-31(21)24(19)33)18-8-6-5-7-9-18/h5-9,15H,3-4,10-14,16-17H2,1-2H3. The van der Waals surface area contributed by atoms with E-state index in [0.29, 0.717) is 42.2 Å². The number of hydrogen-bond donors (Lipinski definition) is 0. The van der Waals surface area contributed by atoms with Crippen LogP contribution in [0.4, 0.5) is 0 Å². The molecule has 0 bridgehead atoms. The fourth-order valence-electron chi connectivity index (χ4n) is 4.75. The van der Waals surface area contributed by atoms with Crippen LogP contribution in [0.3, 0.4) is 0 Å². The lowest BCUT2D eigenvalue weighted by molar-refractivity contribution is -0.133. The number of fused-ring (bicyclic) bond motifs is 2. The third-order valence-corrected chi connectivity index (χ3v) is 6.81. The maximum Gasteiger partial charge on any atom is 0.280 e. The fourth-order valence-corrected chi connectivity index (χ4v) is 4.75. The molecule has 0 N–H and O–H groups in total. The Morgan fingerprint density at radius 1 is 1.06 bits per heavy atom. The number of amides is 2. The highest BCUT2D eigenvalue weighted by molar-refractivity contribution is 5.98. The average Bonchev–Trinajstić information content (AvgIpc) is 3.44. The van der Waals surface area contributed by atoms with Gasteiger partial charge in [-0.3, -0.25) is 14.4 Å². The molecule has 2 aromatic heterocycles. The first-order valence-electron chi connectivity index (χ1n) is 11.9. The summed E-state index contributed by atoms with van der Waals surface area (Å²) >= 11 is 0. The molecule has 178 valence electrons. The van der Waals surface area contributed by atoms with Crippen LogP contribution in [-0.2, 0) is 17.9 Å². The van der Waals surface area contributed by atoms with Crippen molar-refractivity contribution in [2.24, 2.45) is 0 Å². The second-order valence-corrected chi connectivity index (χ2v) is 9.15. The molecule has 0 atom stereocenters. The van der Waals surface area contributed by atoms with Gasteiger partial charge in [-0.05, 0) is 13.5 Å². The van der Waals surface area contributed by atoms with Crippen molar-refractivity contribution in [1.82, 2.24) is 28.9 Å². The Kier molecular flexibility index (Phi) is 5.95. The van der Waals surface area contributed by atoms with E-state index in [4.69, 9.17) is 0 Å². The zero-order chi connectivity index (χ0) is 23.8. The van der Waals surface area contributed by atoms with Crippen molar-refractivity contribution in [2.45, 2.75) is 32.9 Å². The number of rotatable bonds is 6. The summed E-state index contributed by atoms with van der Waals surface area (Å²) in [7, 11) is 2.04. The first-order chi connectivity index (χ1) is 16.5. The SMILES string of the molecule is CCCCN1Cc2c(n(CC(=O)N3CCN(C)CC3)c3cc(-c4ccccc4)nn3c2=O)C1=O. The lowest BCUT2D eigenvalue weighted by Crippen LogP contribution is -2.48. The van der Waals surface area contributed by atoms with E-state index in [-0.39, 0.29) is 30.5 Å². The van der Waals surface area contributed by atoms with E-state index in [2.05, 4.69) is 16.9 Å². The highest BCUT2D eigenvalue weighted by atomic mass is 16.2. The largest absolute Gasteiger partial charge is 0.339 e. The quantitative estimate of drug-likeness (QED) is 0.557. The minimum Gasteiger partial charge on any atom is -0.339 e. The number of piperazine rings is 1. The molecule has 34 heavy (non-hydrogen) atoms. The summed E-state index contributed by atoms with van der Waals surface area (Å²) in [5, 5.41) is 4.58. The molecule has 1 aromatic carbocycles. The Morgan fingerprint density at radius 3 is 2.50 bits per heavy atom. The van der Waals surface area contributed by atoms with E-state index >= 15 is 0 Å². The summed E-state index contributed by atoms with van der Waals surface area (Å²) in [5.74, 6) is -0.236. The van der Waals surface area contributed by atoms with Crippen LogP contribution >= 0.6 is 0 Å². The van der Waals surface area contributed by atoms with Crippen LogP contribution in [-0.4, -0.2) is 80.5 Å². The van der Waals surface area contributed by atoms with Gasteiger partial charge in [0.1, 0.15) is 17.9 Å². The number of likely N-dealkylation sites (N-methyl/N-ethyl adjacent to an activating group) is 1. The van der Waals surface area contributed by atoms with Crippen LogP contribution in [0.5, 0.6) is 0 Å². The number of unbranched alkanes of at least 4 members (excludes halogenated alkanes) is 1. The number of aromatic nitrogens is 3. The monoisotopic (exact) mass is 462 g/mol. The molecule has 1 fully saturated rings. The summed E-state index contributed by atoms with van der Waals surface area (Å²) in [4.78, 5) is 45.8. The van der Waals surface area contributed by atoms with E-state index in [9.17, 15) is 14.4 Å². The Morgan fingerprint density at radius 2 is 1.79 bits per heavy atom. The summed E-state index contributed by atoms with van der Waals surface area (Å²) < 4.78 is 3.07. The maximum atomic E-state index is 13.4. The predicted octanol–water partition coefficient (Wildman–Crippen LogP) is 1.69. The van der Waals surface area contributed by atoms with E-state index in [1.54, 1.807) is 15.5 Å². The van der Waals surface area contributed by atoms with Crippen molar-refractivity contribution < 1.29 is 9.59 Å². The van der Waals surface area contributed by atoms with Crippen LogP contribution in [0.25, 0.3) is 16.9 Å². The van der Waals surface area contributed by atoms with E-state index in [1.807, 2.05) is 42.3 Å². The second kappa shape index (κ2) is 9.06. The fraction of sp³-hybridized carbons (Fsp3) is 0.440. The Labute approximate surface area is 198 Å². The van der Waals surface area contributed by atoms with Crippen LogP contribution in [0, 0.1) is 0 Å². The molecule has 5 rings (SSSR count). The summed E-state index contributed by atoms with van der Waals surface area (Å²) in [5.41, 5.74) is 2.44. The van der Waals surface area contributed by atoms with Gasteiger partial charge in [0.2, 0.25) is 5.91 Å². The van der Waals surface area contributed by atoms with Gasteiger partial charge < -0.3 is 19.3 Å². The van der Waals surface area contributed by atoms with Gasteiger partial charge >= 0.3 is 0 Å². The minimum absolute atomic E-state index is 0.00308. The van der Waals surface area contributed by atoms with Crippen molar-refractivity contribution in [2.75, 3.05) is 39.8 Å². The van der Waals surface area contributed by atoms with E-state index in [0.717, 1.165) is 31.5 Å². The first-order valence-corrected chi connectivity index (χ1v) is 11.9. The maximum absolute atomic E-state index is 13.4. The molecule has 0 radical (unpaired) electrons. The minimum atomic E-state index is -0.289. The summed E-state index contributed by atoms with van der Waals surface area (Å²) in [6.45, 7) is 5.86. The molecule has 3 aromatic rings.